The molecule has 3 nitrogen and oxygen atoms in total. The van der Waals surface area contributed by atoms with Crippen LogP contribution >= 0.6 is 15.9 Å². The molecular formula is C14H12BrNO2. The Bertz CT molecular complexity index is 596. The molecule has 2 N–H and O–H groups in total. The largest absolute Gasteiger partial charge is 0.496 e. The quantitative estimate of drug-likeness (QED) is 0.699. The van der Waals surface area contributed by atoms with E-state index >= 15 is 0 Å². The van der Waals surface area contributed by atoms with Crippen LogP contribution < -0.4 is 10.5 Å². The number of hydrogen-bond acceptors (Lipinski definition) is 3. The normalized spacial score (nSPS) is 10.1. The number of carbonyl (C=O) groups is 1. The fourth-order valence-electron chi connectivity index (χ4n) is 1.69. The summed E-state index contributed by atoms with van der Waals surface area (Å²) in [6.45, 7) is 0. The molecule has 2 rings (SSSR count). The molecule has 0 heterocycles. The minimum Gasteiger partial charge on any atom is -0.496 e. The van der Waals surface area contributed by atoms with E-state index in [0.717, 1.165) is 4.47 Å². The number of methoxy groups -OCH3 is 1. The molecule has 0 aliphatic carbocycles. The van der Waals surface area contributed by atoms with Gasteiger partial charge in [0.1, 0.15) is 5.75 Å². The Labute approximate surface area is 114 Å². The van der Waals surface area contributed by atoms with Gasteiger partial charge in [-0.2, -0.15) is 0 Å². The Kier molecular flexibility index (Phi) is 3.67. The molecule has 4 heteroatoms. The summed E-state index contributed by atoms with van der Waals surface area (Å²) in [6, 6.07) is 12.2. The Balaban J connectivity index is 2.48. The molecule has 0 aliphatic heterocycles. The second kappa shape index (κ2) is 5.23. The molecule has 0 atom stereocenters. The van der Waals surface area contributed by atoms with Gasteiger partial charge in [0, 0.05) is 15.7 Å². The fraction of sp³-hybridized carbons (Fsp3) is 0.0714. The first-order chi connectivity index (χ1) is 8.61. The van der Waals surface area contributed by atoms with Gasteiger partial charge in [-0.15, -0.1) is 0 Å². The summed E-state index contributed by atoms with van der Waals surface area (Å²) in [6.07, 6.45) is 0. The second-order valence-corrected chi connectivity index (χ2v) is 4.71. The number of halogens is 1. The summed E-state index contributed by atoms with van der Waals surface area (Å²) in [5.74, 6) is 0.436. The van der Waals surface area contributed by atoms with Crippen LogP contribution in [0.15, 0.2) is 46.9 Å². The minimum atomic E-state index is -0.111. The zero-order valence-electron chi connectivity index (χ0n) is 9.81. The van der Waals surface area contributed by atoms with Gasteiger partial charge < -0.3 is 10.5 Å². The summed E-state index contributed by atoms with van der Waals surface area (Å²) in [5.41, 5.74) is 7.31. The molecule has 0 bridgehead atoms. The van der Waals surface area contributed by atoms with Gasteiger partial charge in [0.15, 0.2) is 5.78 Å². The Hall–Kier alpha value is -1.81. The molecule has 2 aromatic carbocycles. The van der Waals surface area contributed by atoms with Crippen molar-refractivity contribution in [2.45, 2.75) is 0 Å². The molecule has 2 aromatic rings. The number of nitrogens with two attached hydrogens (primary N) is 1. The van der Waals surface area contributed by atoms with Crippen LogP contribution in [-0.2, 0) is 0 Å². The van der Waals surface area contributed by atoms with Crippen molar-refractivity contribution in [3.8, 4) is 5.75 Å². The molecular weight excluding hydrogens is 294 g/mol. The van der Waals surface area contributed by atoms with Gasteiger partial charge in [-0.05, 0) is 30.3 Å². The van der Waals surface area contributed by atoms with Crippen LogP contribution in [-0.4, -0.2) is 12.9 Å². The first-order valence-corrected chi connectivity index (χ1v) is 6.15. The Morgan fingerprint density at radius 1 is 1.22 bits per heavy atom. The van der Waals surface area contributed by atoms with E-state index in [1.54, 1.807) is 43.5 Å². The van der Waals surface area contributed by atoms with Crippen molar-refractivity contribution in [1.29, 1.82) is 0 Å². The fourth-order valence-corrected chi connectivity index (χ4v) is 2.05. The van der Waals surface area contributed by atoms with E-state index in [-0.39, 0.29) is 5.78 Å². The van der Waals surface area contributed by atoms with Gasteiger partial charge in [-0.25, -0.2) is 0 Å². The van der Waals surface area contributed by atoms with Crippen molar-refractivity contribution in [3.63, 3.8) is 0 Å². The van der Waals surface area contributed by atoms with Crippen LogP contribution in [0.5, 0.6) is 5.75 Å². The van der Waals surface area contributed by atoms with Crippen molar-refractivity contribution < 1.29 is 9.53 Å². The highest BCUT2D eigenvalue weighted by molar-refractivity contribution is 9.10. The van der Waals surface area contributed by atoms with E-state index in [4.69, 9.17) is 10.5 Å². The minimum absolute atomic E-state index is 0.111. The summed E-state index contributed by atoms with van der Waals surface area (Å²) < 4.78 is 6.03. The molecule has 0 aromatic heterocycles. The van der Waals surface area contributed by atoms with Crippen molar-refractivity contribution in [2.75, 3.05) is 12.8 Å². The number of nitrogen functional groups attached to an aromatic ring is 1. The number of anilines is 1. The van der Waals surface area contributed by atoms with Crippen molar-refractivity contribution >= 4 is 27.4 Å². The third-order valence-electron chi connectivity index (χ3n) is 2.55. The van der Waals surface area contributed by atoms with Gasteiger partial charge >= 0.3 is 0 Å². The van der Waals surface area contributed by atoms with E-state index in [2.05, 4.69) is 15.9 Å². The van der Waals surface area contributed by atoms with Crippen LogP contribution in [0.2, 0.25) is 0 Å². The number of rotatable bonds is 3. The zero-order chi connectivity index (χ0) is 13.1. The summed E-state index contributed by atoms with van der Waals surface area (Å²) >= 11 is 3.35. The molecule has 0 saturated carbocycles. The molecule has 0 fully saturated rings. The Morgan fingerprint density at radius 3 is 2.67 bits per heavy atom. The van der Waals surface area contributed by atoms with Crippen molar-refractivity contribution in [3.05, 3.63) is 58.1 Å². The first-order valence-electron chi connectivity index (χ1n) is 5.35. The third kappa shape index (κ3) is 2.54. The molecule has 0 spiro atoms. The van der Waals surface area contributed by atoms with Crippen LogP contribution in [0.1, 0.15) is 15.9 Å². The van der Waals surface area contributed by atoms with Gasteiger partial charge in [0.2, 0.25) is 0 Å². The van der Waals surface area contributed by atoms with E-state index < -0.39 is 0 Å². The summed E-state index contributed by atoms with van der Waals surface area (Å²) in [5, 5.41) is 0. The van der Waals surface area contributed by atoms with Crippen LogP contribution in [0, 0.1) is 0 Å². The number of benzene rings is 2. The third-order valence-corrected chi connectivity index (χ3v) is 3.05. The zero-order valence-corrected chi connectivity index (χ0v) is 11.4. The molecule has 18 heavy (non-hydrogen) atoms. The first kappa shape index (κ1) is 12.6. The maximum absolute atomic E-state index is 12.4. The van der Waals surface area contributed by atoms with Gasteiger partial charge in [-0.1, -0.05) is 28.1 Å². The lowest BCUT2D eigenvalue weighted by Gasteiger charge is -2.08. The van der Waals surface area contributed by atoms with Crippen LogP contribution in [0.25, 0.3) is 0 Å². The molecule has 0 unspecified atom stereocenters. The SMILES string of the molecule is COc1ccc(Br)cc1C(=O)c1cccc(N)c1. The smallest absolute Gasteiger partial charge is 0.196 e. The molecule has 0 radical (unpaired) electrons. The maximum Gasteiger partial charge on any atom is 0.196 e. The topological polar surface area (TPSA) is 52.3 Å². The number of carbonyl (C=O) groups excluding carboxylic acids is 1. The molecule has 92 valence electrons. The highest BCUT2D eigenvalue weighted by Crippen LogP contribution is 2.25. The number of hydrogen-bond donors (Lipinski definition) is 1. The van der Waals surface area contributed by atoms with Gasteiger partial charge in [0.05, 0.1) is 12.7 Å². The predicted molar refractivity (Wildman–Crippen MR) is 75.0 cm³/mol. The van der Waals surface area contributed by atoms with E-state index in [0.29, 0.717) is 22.6 Å². The lowest BCUT2D eigenvalue weighted by atomic mass is 10.0. The summed E-state index contributed by atoms with van der Waals surface area (Å²) in [7, 11) is 1.54. The highest BCUT2D eigenvalue weighted by Gasteiger charge is 2.14. The predicted octanol–water partition coefficient (Wildman–Crippen LogP) is 3.27. The van der Waals surface area contributed by atoms with Crippen LogP contribution in [0.3, 0.4) is 0 Å². The number of ketones is 1. The van der Waals surface area contributed by atoms with Crippen LogP contribution in [0.4, 0.5) is 5.69 Å². The average molecular weight is 306 g/mol. The van der Waals surface area contributed by atoms with E-state index in [1.807, 2.05) is 6.07 Å². The molecule has 0 saturated heterocycles. The lowest BCUT2D eigenvalue weighted by molar-refractivity contribution is 0.103. The maximum atomic E-state index is 12.4. The highest BCUT2D eigenvalue weighted by atomic mass is 79.9. The molecule has 0 amide bonds. The van der Waals surface area contributed by atoms with Crippen molar-refractivity contribution in [1.82, 2.24) is 0 Å². The molecule has 0 aliphatic rings. The van der Waals surface area contributed by atoms with E-state index in [9.17, 15) is 4.79 Å². The van der Waals surface area contributed by atoms with Crippen molar-refractivity contribution in [2.24, 2.45) is 0 Å². The van der Waals surface area contributed by atoms with Gasteiger partial charge in [0.25, 0.3) is 0 Å². The Morgan fingerprint density at radius 2 is 2.00 bits per heavy atom. The lowest BCUT2D eigenvalue weighted by Crippen LogP contribution is -2.04. The standard InChI is InChI=1S/C14H12BrNO2/c1-18-13-6-5-10(15)8-12(13)14(17)9-3-2-4-11(16)7-9/h2-8H,16H2,1H3. The van der Waals surface area contributed by atoms with E-state index in [1.165, 1.54) is 0 Å². The number of ether oxygens (including phenoxy) is 1. The average Bonchev–Trinajstić information content (AvgIpc) is 2.38. The summed E-state index contributed by atoms with van der Waals surface area (Å²) in [4.78, 5) is 12.4. The van der Waals surface area contributed by atoms with Gasteiger partial charge in [-0.3, -0.25) is 4.79 Å². The monoisotopic (exact) mass is 305 g/mol. The second-order valence-electron chi connectivity index (χ2n) is 3.80.